The number of halogens is 1. The molecule has 0 bridgehead atoms. The van der Waals surface area contributed by atoms with Gasteiger partial charge in [0.05, 0.1) is 39.0 Å². The fraction of sp³-hybridized carbons (Fsp3) is 0.682. The maximum absolute atomic E-state index is 6.56. The molecule has 2 N–H and O–H groups in total. The number of morpholine rings is 2. The third-order valence-electron chi connectivity index (χ3n) is 5.74. The first kappa shape index (κ1) is 23.3. The van der Waals surface area contributed by atoms with E-state index in [1.807, 2.05) is 12.1 Å². The van der Waals surface area contributed by atoms with E-state index in [2.05, 4.69) is 46.4 Å². The lowest BCUT2D eigenvalue weighted by Crippen LogP contribution is -2.47. The van der Waals surface area contributed by atoms with E-state index in [0.29, 0.717) is 6.04 Å². The standard InChI is InChI=1S/C22H36ClN5O2/c1-3-24-22(25-16-18(2)27-8-12-29-13-9-27)26-17-21(28-10-14-30-15-11-28)19-6-4-5-7-20(19)23/h4-7,18,21H,3,8-17H2,1-2H3,(H2,24,25,26). The molecule has 8 heteroatoms. The summed E-state index contributed by atoms with van der Waals surface area (Å²) in [5.74, 6) is 0.850. The highest BCUT2D eigenvalue weighted by Gasteiger charge is 2.24. The van der Waals surface area contributed by atoms with Gasteiger partial charge in [0.15, 0.2) is 5.96 Å². The zero-order valence-corrected chi connectivity index (χ0v) is 19.0. The summed E-state index contributed by atoms with van der Waals surface area (Å²) in [7, 11) is 0. The first-order valence-corrected chi connectivity index (χ1v) is 11.5. The Kier molecular flexibility index (Phi) is 9.68. The molecular weight excluding hydrogens is 402 g/mol. The van der Waals surface area contributed by atoms with Crippen LogP contribution in [0.5, 0.6) is 0 Å². The van der Waals surface area contributed by atoms with E-state index < -0.39 is 0 Å². The smallest absolute Gasteiger partial charge is 0.191 e. The van der Waals surface area contributed by atoms with E-state index >= 15 is 0 Å². The van der Waals surface area contributed by atoms with Gasteiger partial charge in [0.25, 0.3) is 0 Å². The molecule has 0 saturated carbocycles. The van der Waals surface area contributed by atoms with Crippen molar-refractivity contribution in [3.8, 4) is 0 Å². The van der Waals surface area contributed by atoms with Gasteiger partial charge in [-0.25, -0.2) is 0 Å². The molecule has 3 rings (SSSR count). The van der Waals surface area contributed by atoms with Crippen molar-refractivity contribution in [2.24, 2.45) is 4.99 Å². The largest absolute Gasteiger partial charge is 0.379 e. The van der Waals surface area contributed by atoms with Crippen LogP contribution in [0.3, 0.4) is 0 Å². The van der Waals surface area contributed by atoms with Gasteiger partial charge in [-0.15, -0.1) is 0 Å². The summed E-state index contributed by atoms with van der Waals surface area (Å²) >= 11 is 6.56. The topological polar surface area (TPSA) is 61.4 Å². The van der Waals surface area contributed by atoms with Crippen LogP contribution in [0.15, 0.2) is 29.3 Å². The zero-order valence-electron chi connectivity index (χ0n) is 18.3. The van der Waals surface area contributed by atoms with Crippen LogP contribution in [0, 0.1) is 0 Å². The number of hydrogen-bond acceptors (Lipinski definition) is 5. The number of rotatable bonds is 8. The molecular formula is C22H36ClN5O2. The number of nitrogens with one attached hydrogen (secondary N) is 2. The van der Waals surface area contributed by atoms with Crippen molar-refractivity contribution >= 4 is 17.6 Å². The lowest BCUT2D eigenvalue weighted by atomic mass is 10.0. The summed E-state index contributed by atoms with van der Waals surface area (Å²) in [6.07, 6.45) is 0. The van der Waals surface area contributed by atoms with E-state index in [4.69, 9.17) is 26.1 Å². The fourth-order valence-electron chi connectivity index (χ4n) is 3.96. The SMILES string of the molecule is CCNC(=NCC(C)N1CCOCC1)NCC(c1ccccc1Cl)N1CCOCC1. The summed E-state index contributed by atoms with van der Waals surface area (Å²) in [4.78, 5) is 9.74. The molecule has 2 fully saturated rings. The normalized spacial score (nSPS) is 21.2. The molecule has 7 nitrogen and oxygen atoms in total. The van der Waals surface area contributed by atoms with E-state index in [0.717, 1.165) is 88.8 Å². The molecule has 2 unspecified atom stereocenters. The maximum Gasteiger partial charge on any atom is 0.191 e. The highest BCUT2D eigenvalue weighted by molar-refractivity contribution is 6.31. The van der Waals surface area contributed by atoms with Gasteiger partial charge in [-0.2, -0.15) is 0 Å². The van der Waals surface area contributed by atoms with Gasteiger partial charge in [-0.1, -0.05) is 29.8 Å². The zero-order chi connectivity index (χ0) is 21.2. The summed E-state index contributed by atoms with van der Waals surface area (Å²) < 4.78 is 11.0. The van der Waals surface area contributed by atoms with E-state index in [1.165, 1.54) is 0 Å². The molecule has 2 saturated heterocycles. The van der Waals surface area contributed by atoms with Gasteiger partial charge in [0.1, 0.15) is 0 Å². The highest BCUT2D eigenvalue weighted by Crippen LogP contribution is 2.27. The Bertz CT molecular complexity index is 663. The number of guanidine groups is 1. The minimum atomic E-state index is 0.170. The molecule has 2 aliphatic heterocycles. The van der Waals surface area contributed by atoms with E-state index in [1.54, 1.807) is 0 Å². The molecule has 1 aromatic carbocycles. The maximum atomic E-state index is 6.56. The van der Waals surface area contributed by atoms with Crippen molar-refractivity contribution < 1.29 is 9.47 Å². The summed E-state index contributed by atoms with van der Waals surface area (Å²) in [5, 5.41) is 7.75. The molecule has 2 heterocycles. The Labute approximate surface area is 185 Å². The molecule has 0 amide bonds. The van der Waals surface area contributed by atoms with Crippen LogP contribution in [-0.2, 0) is 9.47 Å². The van der Waals surface area contributed by atoms with Crippen molar-refractivity contribution in [3.05, 3.63) is 34.9 Å². The second kappa shape index (κ2) is 12.5. The fourth-order valence-corrected chi connectivity index (χ4v) is 4.22. The van der Waals surface area contributed by atoms with Gasteiger partial charge in [0.2, 0.25) is 0 Å². The van der Waals surface area contributed by atoms with Crippen LogP contribution in [0.1, 0.15) is 25.5 Å². The summed E-state index contributed by atoms with van der Waals surface area (Å²) in [5.41, 5.74) is 1.14. The lowest BCUT2D eigenvalue weighted by Gasteiger charge is -2.35. The molecule has 2 aliphatic rings. The van der Waals surface area contributed by atoms with Crippen molar-refractivity contribution in [3.63, 3.8) is 0 Å². The van der Waals surface area contributed by atoms with E-state index in [9.17, 15) is 0 Å². The quantitative estimate of drug-likeness (QED) is 0.479. The number of ether oxygens (including phenoxy) is 2. The van der Waals surface area contributed by atoms with Gasteiger partial charge in [-0.05, 0) is 25.5 Å². The molecule has 0 radical (unpaired) electrons. The first-order valence-electron chi connectivity index (χ1n) is 11.1. The van der Waals surface area contributed by atoms with Crippen LogP contribution >= 0.6 is 11.6 Å². The Hall–Kier alpha value is -1.38. The predicted octanol–water partition coefficient (Wildman–Crippen LogP) is 1.99. The molecule has 0 aliphatic carbocycles. The minimum Gasteiger partial charge on any atom is -0.379 e. The second-order valence-corrected chi connectivity index (χ2v) is 8.19. The third kappa shape index (κ3) is 6.82. The highest BCUT2D eigenvalue weighted by atomic mass is 35.5. The van der Waals surface area contributed by atoms with Gasteiger partial charge >= 0.3 is 0 Å². The Morgan fingerprint density at radius 1 is 1.03 bits per heavy atom. The van der Waals surface area contributed by atoms with E-state index in [-0.39, 0.29) is 6.04 Å². The predicted molar refractivity (Wildman–Crippen MR) is 122 cm³/mol. The summed E-state index contributed by atoms with van der Waals surface area (Å²) in [6.45, 7) is 13.5. The minimum absolute atomic E-state index is 0.170. The monoisotopic (exact) mass is 437 g/mol. The average Bonchev–Trinajstić information content (AvgIpc) is 2.79. The van der Waals surface area contributed by atoms with Crippen molar-refractivity contribution in [1.82, 2.24) is 20.4 Å². The van der Waals surface area contributed by atoms with Crippen LogP contribution in [0.4, 0.5) is 0 Å². The third-order valence-corrected chi connectivity index (χ3v) is 6.08. The van der Waals surface area contributed by atoms with Gasteiger partial charge in [0, 0.05) is 50.3 Å². The van der Waals surface area contributed by atoms with Gasteiger partial charge in [-0.3, -0.25) is 14.8 Å². The Morgan fingerprint density at radius 3 is 2.30 bits per heavy atom. The van der Waals surface area contributed by atoms with Crippen LogP contribution in [0.2, 0.25) is 5.02 Å². The molecule has 168 valence electrons. The van der Waals surface area contributed by atoms with Crippen LogP contribution < -0.4 is 10.6 Å². The van der Waals surface area contributed by atoms with Crippen LogP contribution in [0.25, 0.3) is 0 Å². The average molecular weight is 438 g/mol. The van der Waals surface area contributed by atoms with Crippen molar-refractivity contribution in [2.75, 3.05) is 72.2 Å². The number of benzene rings is 1. The molecule has 2 atom stereocenters. The number of hydrogen-bond donors (Lipinski definition) is 2. The van der Waals surface area contributed by atoms with Crippen LogP contribution in [-0.4, -0.2) is 94.0 Å². The summed E-state index contributed by atoms with van der Waals surface area (Å²) in [6, 6.07) is 8.68. The lowest BCUT2D eigenvalue weighted by molar-refractivity contribution is 0.0170. The number of nitrogens with zero attached hydrogens (tertiary/aromatic N) is 3. The molecule has 0 spiro atoms. The second-order valence-electron chi connectivity index (χ2n) is 7.78. The van der Waals surface area contributed by atoms with Gasteiger partial charge < -0.3 is 20.1 Å². The first-order chi connectivity index (χ1) is 14.7. The molecule has 1 aromatic rings. The Balaban J connectivity index is 1.65. The van der Waals surface area contributed by atoms with Crippen molar-refractivity contribution in [1.29, 1.82) is 0 Å². The van der Waals surface area contributed by atoms with Crippen molar-refractivity contribution in [2.45, 2.75) is 25.9 Å². The molecule has 30 heavy (non-hydrogen) atoms. The number of aliphatic imine (C=N–C) groups is 1. The Morgan fingerprint density at radius 2 is 1.67 bits per heavy atom. The molecule has 0 aromatic heterocycles.